The lowest BCUT2D eigenvalue weighted by atomic mass is 9.81. The number of anilines is 1. The molecule has 1 heterocycles. The van der Waals surface area contributed by atoms with Gasteiger partial charge in [-0.25, -0.2) is 4.79 Å². The van der Waals surface area contributed by atoms with Crippen molar-refractivity contribution in [2.24, 2.45) is 5.41 Å². The summed E-state index contributed by atoms with van der Waals surface area (Å²) in [5.74, 6) is 1.53. The monoisotopic (exact) mass is 475 g/mol. The number of methoxy groups -OCH3 is 3. The third-order valence-corrected chi connectivity index (χ3v) is 6.13. The highest BCUT2D eigenvalue weighted by Crippen LogP contribution is 2.36. The number of likely N-dealkylation sites (tertiary alicyclic amines) is 1. The van der Waals surface area contributed by atoms with E-state index < -0.39 is 5.41 Å². The number of hydrogen-bond donors (Lipinski definition) is 2. The molecule has 1 unspecified atom stereocenters. The van der Waals surface area contributed by atoms with Crippen LogP contribution < -0.4 is 24.8 Å². The molecule has 2 aromatic rings. The van der Waals surface area contributed by atoms with Gasteiger partial charge in [0.05, 0.1) is 37.5 Å². The highest BCUT2D eigenvalue weighted by molar-refractivity contribution is 6.32. The predicted octanol–water partition coefficient (Wildman–Crippen LogP) is 4.32. The molecule has 0 radical (unpaired) electrons. The zero-order chi connectivity index (χ0) is 24.0. The maximum absolute atomic E-state index is 13.0. The Balaban J connectivity index is 1.65. The second kappa shape index (κ2) is 10.7. The van der Waals surface area contributed by atoms with Crippen LogP contribution in [0.4, 0.5) is 10.5 Å². The van der Waals surface area contributed by atoms with Gasteiger partial charge in [-0.05, 0) is 43.5 Å². The highest BCUT2D eigenvalue weighted by atomic mass is 35.5. The van der Waals surface area contributed by atoms with Crippen LogP contribution in [0.15, 0.2) is 36.4 Å². The first-order valence-corrected chi connectivity index (χ1v) is 11.1. The second-order valence-electron chi connectivity index (χ2n) is 8.24. The largest absolute Gasteiger partial charge is 0.497 e. The molecule has 3 rings (SSSR count). The van der Waals surface area contributed by atoms with Gasteiger partial charge in [0.1, 0.15) is 17.2 Å². The highest BCUT2D eigenvalue weighted by Gasteiger charge is 2.39. The molecular weight excluding hydrogens is 446 g/mol. The number of carbonyl (C=O) groups excluding carboxylic acids is 2. The van der Waals surface area contributed by atoms with Crippen LogP contribution in [0.25, 0.3) is 0 Å². The van der Waals surface area contributed by atoms with Crippen molar-refractivity contribution >= 4 is 29.2 Å². The fraction of sp³-hybridized carbons (Fsp3) is 0.417. The molecule has 178 valence electrons. The smallest absolute Gasteiger partial charge is 0.321 e. The van der Waals surface area contributed by atoms with Gasteiger partial charge in [0.2, 0.25) is 5.91 Å². The Kier molecular flexibility index (Phi) is 7.92. The molecule has 2 aromatic carbocycles. The number of nitrogens with one attached hydrogen (secondary N) is 2. The minimum atomic E-state index is -0.698. The maximum atomic E-state index is 13.0. The lowest BCUT2D eigenvalue weighted by Crippen LogP contribution is -2.52. The molecule has 1 atom stereocenters. The Morgan fingerprint density at radius 1 is 1.09 bits per heavy atom. The number of carbonyl (C=O) groups is 2. The average Bonchev–Trinajstić information content (AvgIpc) is 2.82. The van der Waals surface area contributed by atoms with Crippen LogP contribution in [-0.2, 0) is 11.3 Å². The number of halogens is 1. The summed E-state index contributed by atoms with van der Waals surface area (Å²) in [7, 11) is 4.62. The number of amides is 3. The van der Waals surface area contributed by atoms with Gasteiger partial charge >= 0.3 is 6.03 Å². The van der Waals surface area contributed by atoms with Gasteiger partial charge in [0, 0.05) is 25.7 Å². The van der Waals surface area contributed by atoms with Crippen LogP contribution in [0, 0.1) is 5.41 Å². The summed E-state index contributed by atoms with van der Waals surface area (Å²) in [4.78, 5) is 27.7. The minimum absolute atomic E-state index is 0.0899. The van der Waals surface area contributed by atoms with Crippen LogP contribution in [0.5, 0.6) is 17.2 Å². The summed E-state index contributed by atoms with van der Waals surface area (Å²) < 4.78 is 15.8. The SMILES string of the molecule is COc1cccc(CNC(=O)C2(C)CCCN(C(=O)Nc3cc(Cl)c(OC)cc3OC)C2)c1. The molecule has 0 spiro atoms. The van der Waals surface area contributed by atoms with Gasteiger partial charge in [-0.2, -0.15) is 0 Å². The van der Waals surface area contributed by atoms with Gasteiger partial charge < -0.3 is 29.7 Å². The van der Waals surface area contributed by atoms with Crippen molar-refractivity contribution in [1.82, 2.24) is 10.2 Å². The average molecular weight is 476 g/mol. The quantitative estimate of drug-likeness (QED) is 0.622. The van der Waals surface area contributed by atoms with Gasteiger partial charge in [-0.3, -0.25) is 4.79 Å². The Bertz CT molecular complexity index is 1020. The van der Waals surface area contributed by atoms with Gasteiger partial charge in [-0.15, -0.1) is 0 Å². The standard InChI is InChI=1S/C24H30ClN3O5/c1-24(22(29)26-14-16-7-5-8-17(11-16)31-2)9-6-10-28(15-24)23(30)27-19-12-18(25)20(32-3)13-21(19)33-4/h5,7-8,11-13H,6,9-10,14-15H2,1-4H3,(H,26,29)(H,27,30). The molecule has 0 aliphatic carbocycles. The molecule has 33 heavy (non-hydrogen) atoms. The van der Waals surface area contributed by atoms with Crippen molar-refractivity contribution in [2.75, 3.05) is 39.7 Å². The van der Waals surface area contributed by atoms with E-state index in [1.165, 1.54) is 14.2 Å². The van der Waals surface area contributed by atoms with Crippen molar-refractivity contribution < 1.29 is 23.8 Å². The fourth-order valence-electron chi connectivity index (χ4n) is 3.93. The van der Waals surface area contributed by atoms with Crippen LogP contribution in [-0.4, -0.2) is 51.3 Å². The van der Waals surface area contributed by atoms with E-state index in [0.29, 0.717) is 48.3 Å². The van der Waals surface area contributed by atoms with Crippen LogP contribution in [0.3, 0.4) is 0 Å². The third-order valence-electron chi connectivity index (χ3n) is 5.83. The summed E-state index contributed by atoms with van der Waals surface area (Å²) in [6.45, 7) is 3.13. The Morgan fingerprint density at radius 2 is 1.85 bits per heavy atom. The number of nitrogens with zero attached hydrogens (tertiary/aromatic N) is 1. The van der Waals surface area contributed by atoms with Crippen LogP contribution in [0.1, 0.15) is 25.3 Å². The number of piperidine rings is 1. The van der Waals surface area contributed by atoms with Crippen LogP contribution >= 0.6 is 11.6 Å². The van der Waals surface area contributed by atoms with Crippen molar-refractivity contribution in [3.63, 3.8) is 0 Å². The molecule has 2 N–H and O–H groups in total. The molecule has 3 amide bonds. The first kappa shape index (κ1) is 24.5. The predicted molar refractivity (Wildman–Crippen MR) is 127 cm³/mol. The third kappa shape index (κ3) is 5.82. The molecule has 0 aromatic heterocycles. The lowest BCUT2D eigenvalue weighted by Gasteiger charge is -2.39. The van der Waals surface area contributed by atoms with Gasteiger partial charge in [0.15, 0.2) is 0 Å². The van der Waals surface area contributed by atoms with E-state index in [4.69, 9.17) is 25.8 Å². The zero-order valence-electron chi connectivity index (χ0n) is 19.4. The van der Waals surface area contributed by atoms with Crippen molar-refractivity contribution in [2.45, 2.75) is 26.3 Å². The molecule has 0 saturated carbocycles. The van der Waals surface area contributed by atoms with Gasteiger partial charge in [-0.1, -0.05) is 23.7 Å². The number of ether oxygens (including phenoxy) is 3. The molecule has 9 heteroatoms. The first-order chi connectivity index (χ1) is 15.8. The van der Waals surface area contributed by atoms with Crippen molar-refractivity contribution in [3.8, 4) is 17.2 Å². The van der Waals surface area contributed by atoms with E-state index in [9.17, 15) is 9.59 Å². The molecular formula is C24H30ClN3O5. The maximum Gasteiger partial charge on any atom is 0.321 e. The van der Waals surface area contributed by atoms with E-state index >= 15 is 0 Å². The summed E-state index contributed by atoms with van der Waals surface area (Å²) in [6, 6.07) is 10.4. The van der Waals surface area contributed by atoms with Gasteiger partial charge in [0.25, 0.3) is 0 Å². The van der Waals surface area contributed by atoms with E-state index in [1.807, 2.05) is 31.2 Å². The molecule has 1 aliphatic rings. The molecule has 1 fully saturated rings. The number of benzene rings is 2. The summed E-state index contributed by atoms with van der Waals surface area (Å²) in [6.07, 6.45) is 1.41. The number of hydrogen-bond acceptors (Lipinski definition) is 5. The normalized spacial score (nSPS) is 17.8. The Hall–Kier alpha value is -3.13. The zero-order valence-corrected chi connectivity index (χ0v) is 20.1. The van der Waals surface area contributed by atoms with E-state index in [2.05, 4.69) is 10.6 Å². The topological polar surface area (TPSA) is 89.1 Å². The summed E-state index contributed by atoms with van der Waals surface area (Å²) >= 11 is 6.21. The first-order valence-electron chi connectivity index (χ1n) is 10.7. The molecule has 1 aliphatic heterocycles. The number of urea groups is 1. The second-order valence-corrected chi connectivity index (χ2v) is 8.64. The van der Waals surface area contributed by atoms with Crippen LogP contribution in [0.2, 0.25) is 5.02 Å². The van der Waals surface area contributed by atoms with E-state index in [0.717, 1.165) is 17.7 Å². The van der Waals surface area contributed by atoms with E-state index in [1.54, 1.807) is 24.1 Å². The fourth-order valence-corrected chi connectivity index (χ4v) is 4.17. The molecule has 1 saturated heterocycles. The Labute approximate surface area is 199 Å². The molecule has 0 bridgehead atoms. The number of rotatable bonds is 7. The minimum Gasteiger partial charge on any atom is -0.497 e. The summed E-state index contributed by atoms with van der Waals surface area (Å²) in [5, 5.41) is 6.21. The van der Waals surface area contributed by atoms with Crippen molar-refractivity contribution in [3.05, 3.63) is 47.0 Å². The lowest BCUT2D eigenvalue weighted by molar-refractivity contribution is -0.132. The summed E-state index contributed by atoms with van der Waals surface area (Å²) in [5.41, 5.74) is 0.680. The Morgan fingerprint density at radius 3 is 2.55 bits per heavy atom. The molecule has 8 nitrogen and oxygen atoms in total. The van der Waals surface area contributed by atoms with Crippen molar-refractivity contribution in [1.29, 1.82) is 0 Å². The van der Waals surface area contributed by atoms with E-state index in [-0.39, 0.29) is 11.9 Å².